The molecule has 1 aromatic rings. The number of nitrogens with two attached hydrogens (primary N) is 1. The zero-order valence-electron chi connectivity index (χ0n) is 12.1. The molecule has 1 unspecified atom stereocenters. The van der Waals surface area contributed by atoms with Crippen LogP contribution in [0.15, 0.2) is 18.2 Å². The van der Waals surface area contributed by atoms with Gasteiger partial charge in [-0.1, -0.05) is 11.6 Å². The van der Waals surface area contributed by atoms with Gasteiger partial charge in [0.15, 0.2) is 0 Å². The summed E-state index contributed by atoms with van der Waals surface area (Å²) in [7, 11) is 0. The van der Waals surface area contributed by atoms with Gasteiger partial charge in [-0.25, -0.2) is 0 Å². The molecule has 0 saturated carbocycles. The van der Waals surface area contributed by atoms with Crippen LogP contribution >= 0.6 is 23.4 Å². The van der Waals surface area contributed by atoms with Gasteiger partial charge in [-0.3, -0.25) is 0 Å². The summed E-state index contributed by atoms with van der Waals surface area (Å²) in [4.78, 5) is 0. The van der Waals surface area contributed by atoms with E-state index in [1.807, 2.05) is 30.0 Å². The van der Waals surface area contributed by atoms with Crippen LogP contribution in [-0.4, -0.2) is 29.8 Å². The average molecular weight is 328 g/mol. The zero-order chi connectivity index (χ0) is 14.7. The maximum atomic E-state index is 6.23. The third-order valence-corrected chi connectivity index (χ3v) is 5.61. The first kappa shape index (κ1) is 15.5. The molecule has 5 heteroatoms. The summed E-state index contributed by atoms with van der Waals surface area (Å²) in [6, 6.07) is 5.69. The lowest BCUT2D eigenvalue weighted by Gasteiger charge is -2.43. The zero-order valence-corrected chi connectivity index (χ0v) is 13.7. The van der Waals surface area contributed by atoms with Gasteiger partial charge in [-0.15, -0.1) is 0 Å². The number of thioether (sulfide) groups is 1. The molecule has 2 saturated heterocycles. The van der Waals surface area contributed by atoms with Gasteiger partial charge < -0.3 is 15.2 Å². The van der Waals surface area contributed by atoms with Crippen LogP contribution in [0.5, 0.6) is 5.75 Å². The van der Waals surface area contributed by atoms with E-state index in [0.29, 0.717) is 11.6 Å². The van der Waals surface area contributed by atoms with Crippen molar-refractivity contribution in [2.24, 2.45) is 5.73 Å². The number of rotatable bonds is 3. The highest BCUT2D eigenvalue weighted by Gasteiger charge is 2.39. The Morgan fingerprint density at radius 2 is 2.19 bits per heavy atom. The molecular formula is C16H22ClNO2S. The first-order valence-corrected chi connectivity index (χ1v) is 9.11. The molecule has 1 spiro atoms. The van der Waals surface area contributed by atoms with E-state index in [4.69, 9.17) is 26.8 Å². The Kier molecular flexibility index (Phi) is 4.99. The Balaban J connectivity index is 1.70. The molecular weight excluding hydrogens is 306 g/mol. The van der Waals surface area contributed by atoms with E-state index in [1.165, 1.54) is 11.5 Å². The van der Waals surface area contributed by atoms with Crippen molar-refractivity contribution in [3.8, 4) is 5.75 Å². The highest BCUT2D eigenvalue weighted by Crippen LogP contribution is 2.39. The summed E-state index contributed by atoms with van der Waals surface area (Å²) < 4.78 is 12.3. The van der Waals surface area contributed by atoms with Gasteiger partial charge in [0.05, 0.1) is 12.2 Å². The summed E-state index contributed by atoms with van der Waals surface area (Å²) in [6.07, 6.45) is 4.43. The van der Waals surface area contributed by atoms with Crippen molar-refractivity contribution in [3.05, 3.63) is 28.8 Å². The molecule has 2 fully saturated rings. The molecule has 3 rings (SSSR count). The lowest BCUT2D eigenvalue weighted by Crippen LogP contribution is -2.46. The maximum absolute atomic E-state index is 6.23. The molecule has 2 N–H and O–H groups in total. The number of ether oxygens (including phenoxy) is 2. The minimum atomic E-state index is 0.0451. The molecule has 1 aromatic carbocycles. The highest BCUT2D eigenvalue weighted by molar-refractivity contribution is 7.99. The topological polar surface area (TPSA) is 44.5 Å². The number of hydrogen-bond donors (Lipinski definition) is 1. The molecule has 2 aliphatic rings. The Hall–Kier alpha value is -0.420. The van der Waals surface area contributed by atoms with Crippen LogP contribution in [0, 0.1) is 0 Å². The van der Waals surface area contributed by atoms with Crippen molar-refractivity contribution in [2.75, 3.05) is 18.1 Å². The van der Waals surface area contributed by atoms with Gasteiger partial charge in [0.2, 0.25) is 0 Å². The highest BCUT2D eigenvalue weighted by atomic mass is 35.5. The molecule has 116 valence electrons. The lowest BCUT2D eigenvalue weighted by atomic mass is 9.86. The Morgan fingerprint density at radius 3 is 2.95 bits per heavy atom. The smallest absolute Gasteiger partial charge is 0.124 e. The van der Waals surface area contributed by atoms with Crippen molar-refractivity contribution >= 4 is 23.4 Å². The molecule has 0 radical (unpaired) electrons. The summed E-state index contributed by atoms with van der Waals surface area (Å²) in [5.41, 5.74) is 6.81. The molecule has 1 atom stereocenters. The minimum absolute atomic E-state index is 0.0451. The fourth-order valence-corrected chi connectivity index (χ4v) is 4.61. The molecule has 0 amide bonds. The normalized spacial score (nSPS) is 25.0. The standard InChI is InChI=1S/C16H22ClNO2S/c17-13-1-2-15(12(9-13)11-18)20-14-3-6-19-16(10-14)4-7-21-8-5-16/h1-2,9,14H,3-8,10-11,18H2. The van der Waals surface area contributed by atoms with Crippen LogP contribution in [0.3, 0.4) is 0 Å². The Labute approximate surface area is 135 Å². The molecule has 0 aliphatic carbocycles. The fourth-order valence-electron chi connectivity index (χ4n) is 3.18. The fraction of sp³-hybridized carbons (Fsp3) is 0.625. The molecule has 21 heavy (non-hydrogen) atoms. The van der Waals surface area contributed by atoms with Gasteiger partial charge in [-0.2, -0.15) is 11.8 Å². The first-order chi connectivity index (χ1) is 10.2. The van der Waals surface area contributed by atoms with E-state index >= 15 is 0 Å². The average Bonchev–Trinajstić information content (AvgIpc) is 2.50. The Morgan fingerprint density at radius 1 is 1.38 bits per heavy atom. The van der Waals surface area contributed by atoms with Crippen LogP contribution < -0.4 is 10.5 Å². The van der Waals surface area contributed by atoms with Crippen LogP contribution in [0.4, 0.5) is 0 Å². The van der Waals surface area contributed by atoms with Crippen molar-refractivity contribution in [2.45, 2.75) is 43.9 Å². The van der Waals surface area contributed by atoms with Gasteiger partial charge in [0.1, 0.15) is 11.9 Å². The van der Waals surface area contributed by atoms with Gasteiger partial charge in [0, 0.05) is 30.0 Å². The summed E-state index contributed by atoms with van der Waals surface area (Å²) in [5.74, 6) is 3.26. The van der Waals surface area contributed by atoms with Gasteiger partial charge in [-0.05, 0) is 42.5 Å². The molecule has 2 aliphatic heterocycles. The molecule has 2 heterocycles. The SMILES string of the molecule is NCc1cc(Cl)ccc1OC1CCOC2(CCSCC2)C1. The van der Waals surface area contributed by atoms with Crippen LogP contribution in [-0.2, 0) is 11.3 Å². The van der Waals surface area contributed by atoms with Crippen molar-refractivity contribution in [1.82, 2.24) is 0 Å². The van der Waals surface area contributed by atoms with E-state index < -0.39 is 0 Å². The van der Waals surface area contributed by atoms with Crippen LogP contribution in [0.25, 0.3) is 0 Å². The quantitative estimate of drug-likeness (QED) is 0.921. The number of hydrogen-bond acceptors (Lipinski definition) is 4. The van der Waals surface area contributed by atoms with E-state index in [9.17, 15) is 0 Å². The van der Waals surface area contributed by atoms with E-state index in [2.05, 4.69) is 0 Å². The van der Waals surface area contributed by atoms with Crippen LogP contribution in [0.2, 0.25) is 5.02 Å². The predicted molar refractivity (Wildman–Crippen MR) is 88.2 cm³/mol. The van der Waals surface area contributed by atoms with Crippen molar-refractivity contribution in [3.63, 3.8) is 0 Å². The first-order valence-electron chi connectivity index (χ1n) is 7.58. The second-order valence-electron chi connectivity index (χ2n) is 5.83. The molecule has 0 aromatic heterocycles. The van der Waals surface area contributed by atoms with Gasteiger partial charge in [0.25, 0.3) is 0 Å². The Bertz CT molecular complexity index is 486. The summed E-state index contributed by atoms with van der Waals surface area (Å²) >= 11 is 8.04. The minimum Gasteiger partial charge on any atom is -0.490 e. The largest absolute Gasteiger partial charge is 0.490 e. The van der Waals surface area contributed by atoms with E-state index in [0.717, 1.165) is 43.6 Å². The number of benzene rings is 1. The van der Waals surface area contributed by atoms with E-state index in [-0.39, 0.29) is 11.7 Å². The summed E-state index contributed by atoms with van der Waals surface area (Å²) in [6.45, 7) is 1.24. The second-order valence-corrected chi connectivity index (χ2v) is 7.49. The lowest BCUT2D eigenvalue weighted by molar-refractivity contribution is -0.116. The molecule has 3 nitrogen and oxygen atoms in total. The predicted octanol–water partition coefficient (Wildman–Crippen LogP) is 3.62. The van der Waals surface area contributed by atoms with Crippen molar-refractivity contribution in [1.29, 1.82) is 0 Å². The monoisotopic (exact) mass is 327 g/mol. The third kappa shape index (κ3) is 3.67. The maximum Gasteiger partial charge on any atom is 0.124 e. The van der Waals surface area contributed by atoms with Crippen LogP contribution in [0.1, 0.15) is 31.2 Å². The number of halogens is 1. The summed E-state index contributed by atoms with van der Waals surface area (Å²) in [5, 5.41) is 0.704. The third-order valence-electron chi connectivity index (χ3n) is 4.39. The van der Waals surface area contributed by atoms with Gasteiger partial charge >= 0.3 is 0 Å². The second kappa shape index (κ2) is 6.78. The van der Waals surface area contributed by atoms with E-state index in [1.54, 1.807) is 0 Å². The molecule has 0 bridgehead atoms. The van der Waals surface area contributed by atoms with Crippen molar-refractivity contribution < 1.29 is 9.47 Å².